The Morgan fingerprint density at radius 2 is 1.86 bits per heavy atom. The van der Waals surface area contributed by atoms with Crippen molar-refractivity contribution in [1.29, 1.82) is 0 Å². The van der Waals surface area contributed by atoms with Gasteiger partial charge in [0.1, 0.15) is 5.78 Å². The second-order valence-electron chi connectivity index (χ2n) is 7.52. The van der Waals surface area contributed by atoms with Gasteiger partial charge in [0.05, 0.1) is 21.2 Å². The lowest BCUT2D eigenvalue weighted by Gasteiger charge is -2.15. The molecule has 3 aromatic rings. The van der Waals surface area contributed by atoms with Crippen molar-refractivity contribution in [3.05, 3.63) is 63.8 Å². The molecule has 29 heavy (non-hydrogen) atoms. The van der Waals surface area contributed by atoms with Crippen molar-refractivity contribution in [2.24, 2.45) is 7.05 Å². The van der Waals surface area contributed by atoms with Crippen molar-refractivity contribution in [2.45, 2.75) is 24.7 Å². The van der Waals surface area contributed by atoms with E-state index in [-0.39, 0.29) is 12.6 Å². The van der Waals surface area contributed by atoms with Crippen LogP contribution in [0.25, 0.3) is 11.3 Å². The lowest BCUT2D eigenvalue weighted by molar-refractivity contribution is -0.120. The first-order valence-corrected chi connectivity index (χ1v) is 10.1. The van der Waals surface area contributed by atoms with Gasteiger partial charge in [-0.2, -0.15) is 5.10 Å². The Bertz CT molecular complexity index is 1140. The lowest BCUT2D eigenvalue weighted by Crippen LogP contribution is -2.23. The van der Waals surface area contributed by atoms with Crippen LogP contribution in [-0.2, 0) is 23.7 Å². The predicted molar refractivity (Wildman–Crippen MR) is 111 cm³/mol. The molecule has 1 saturated carbocycles. The number of hydrogen-bond acceptors (Lipinski definition) is 4. The van der Waals surface area contributed by atoms with Crippen molar-refractivity contribution in [2.75, 3.05) is 6.79 Å². The zero-order valence-corrected chi connectivity index (χ0v) is 17.3. The third kappa shape index (κ3) is 3.18. The Morgan fingerprint density at radius 3 is 2.62 bits per heavy atom. The lowest BCUT2D eigenvalue weighted by atomic mass is 9.88. The molecule has 1 aliphatic heterocycles. The molecular formula is C22H18Cl2N2O3. The maximum Gasteiger partial charge on any atom is 0.231 e. The van der Waals surface area contributed by atoms with E-state index < -0.39 is 5.41 Å². The molecule has 1 aromatic heterocycles. The van der Waals surface area contributed by atoms with Crippen LogP contribution in [0.15, 0.2) is 42.5 Å². The summed E-state index contributed by atoms with van der Waals surface area (Å²) in [7, 11) is 1.85. The van der Waals surface area contributed by atoms with Crippen LogP contribution >= 0.6 is 23.2 Å². The van der Waals surface area contributed by atoms with E-state index in [4.69, 9.17) is 32.7 Å². The zero-order chi connectivity index (χ0) is 20.2. The first-order valence-electron chi connectivity index (χ1n) is 9.38. The fraction of sp³-hybridized carbons (Fsp3) is 0.273. The van der Waals surface area contributed by atoms with E-state index in [2.05, 4.69) is 5.10 Å². The smallest absolute Gasteiger partial charge is 0.231 e. The Balaban J connectivity index is 1.40. The molecule has 0 spiro atoms. The number of rotatable bonds is 5. The topological polar surface area (TPSA) is 53.4 Å². The number of ketones is 1. The summed E-state index contributed by atoms with van der Waals surface area (Å²) in [5, 5.41) is 5.53. The number of aryl methyl sites for hydroxylation is 1. The molecule has 2 aliphatic rings. The van der Waals surface area contributed by atoms with Gasteiger partial charge in [-0.1, -0.05) is 35.3 Å². The molecule has 1 aliphatic carbocycles. The maximum absolute atomic E-state index is 13.2. The average molecular weight is 429 g/mol. The fourth-order valence-electron chi connectivity index (χ4n) is 3.85. The largest absolute Gasteiger partial charge is 0.454 e. The molecule has 2 heterocycles. The van der Waals surface area contributed by atoms with E-state index in [1.54, 1.807) is 16.8 Å². The van der Waals surface area contributed by atoms with E-state index in [0.29, 0.717) is 22.2 Å². The van der Waals surface area contributed by atoms with Gasteiger partial charge in [0.2, 0.25) is 6.79 Å². The number of benzene rings is 2. The second kappa shape index (κ2) is 6.78. The van der Waals surface area contributed by atoms with E-state index in [1.807, 2.05) is 37.4 Å². The molecular weight excluding hydrogens is 411 g/mol. The third-order valence-corrected chi connectivity index (χ3v) is 6.48. The van der Waals surface area contributed by atoms with Crippen molar-refractivity contribution in [3.63, 3.8) is 0 Å². The number of hydrogen-bond donors (Lipinski definition) is 0. The minimum absolute atomic E-state index is 0.194. The predicted octanol–water partition coefficient (Wildman–Crippen LogP) is 4.97. The van der Waals surface area contributed by atoms with Gasteiger partial charge < -0.3 is 9.47 Å². The summed E-state index contributed by atoms with van der Waals surface area (Å²) >= 11 is 12.1. The molecule has 148 valence electrons. The van der Waals surface area contributed by atoms with Crippen LogP contribution in [0, 0.1) is 0 Å². The van der Waals surface area contributed by atoms with Crippen molar-refractivity contribution >= 4 is 29.0 Å². The first kappa shape index (κ1) is 18.5. The summed E-state index contributed by atoms with van der Waals surface area (Å²) in [5.74, 6) is 1.64. The van der Waals surface area contributed by atoms with Crippen LogP contribution < -0.4 is 9.47 Å². The molecule has 5 rings (SSSR count). The van der Waals surface area contributed by atoms with E-state index >= 15 is 0 Å². The highest BCUT2D eigenvalue weighted by Crippen LogP contribution is 2.51. The summed E-state index contributed by atoms with van der Waals surface area (Å²) in [4.78, 5) is 13.2. The summed E-state index contributed by atoms with van der Waals surface area (Å²) < 4.78 is 12.6. The SMILES string of the molecule is Cn1nc(-c2ccc(Cl)c(Cl)c2)cc1CC(=O)C1(c2ccc3c(c2)OCO3)CC1. The Labute approximate surface area is 178 Å². The van der Waals surface area contributed by atoms with Gasteiger partial charge in [0.15, 0.2) is 11.5 Å². The highest BCUT2D eigenvalue weighted by atomic mass is 35.5. The monoisotopic (exact) mass is 428 g/mol. The maximum atomic E-state index is 13.2. The van der Waals surface area contributed by atoms with Crippen molar-refractivity contribution in [1.82, 2.24) is 9.78 Å². The van der Waals surface area contributed by atoms with Crippen LogP contribution in [0.4, 0.5) is 0 Å². The van der Waals surface area contributed by atoms with Gasteiger partial charge in [-0.15, -0.1) is 0 Å². The molecule has 1 fully saturated rings. The van der Waals surface area contributed by atoms with Crippen LogP contribution in [0.2, 0.25) is 10.0 Å². The zero-order valence-electron chi connectivity index (χ0n) is 15.7. The molecule has 0 bridgehead atoms. The van der Waals surface area contributed by atoms with Crippen LogP contribution in [0.3, 0.4) is 0 Å². The van der Waals surface area contributed by atoms with E-state index in [1.165, 1.54) is 0 Å². The molecule has 7 heteroatoms. The van der Waals surface area contributed by atoms with E-state index in [0.717, 1.165) is 41.1 Å². The minimum Gasteiger partial charge on any atom is -0.454 e. The molecule has 0 amide bonds. The van der Waals surface area contributed by atoms with Crippen LogP contribution in [0.1, 0.15) is 24.1 Å². The van der Waals surface area contributed by atoms with Gasteiger partial charge in [-0.05, 0) is 48.7 Å². The van der Waals surface area contributed by atoms with Gasteiger partial charge in [-0.3, -0.25) is 9.48 Å². The quantitative estimate of drug-likeness (QED) is 0.575. The Kier molecular flexibility index (Phi) is 4.33. The number of fused-ring (bicyclic) bond motifs is 1. The summed E-state index contributed by atoms with van der Waals surface area (Å²) in [6, 6.07) is 13.1. The summed E-state index contributed by atoms with van der Waals surface area (Å²) in [6.07, 6.45) is 2.02. The molecule has 0 radical (unpaired) electrons. The summed E-state index contributed by atoms with van der Waals surface area (Å²) in [5.41, 5.74) is 3.06. The number of carbonyl (C=O) groups is 1. The summed E-state index contributed by atoms with van der Waals surface area (Å²) in [6.45, 7) is 0.228. The van der Waals surface area contributed by atoms with E-state index in [9.17, 15) is 4.79 Å². The van der Waals surface area contributed by atoms with Crippen molar-refractivity contribution < 1.29 is 14.3 Å². The molecule has 2 aromatic carbocycles. The standard InChI is InChI=1S/C22H18Cl2N2O3/c1-26-15(10-18(25-26)13-2-4-16(23)17(24)8-13)11-21(27)22(6-7-22)14-3-5-19-20(9-14)29-12-28-19/h2-5,8-10H,6-7,11-12H2,1H3. The van der Waals surface area contributed by atoms with Crippen LogP contribution in [-0.4, -0.2) is 22.4 Å². The normalized spacial score (nSPS) is 16.1. The number of carbonyl (C=O) groups excluding carboxylic acids is 1. The Hall–Kier alpha value is -2.50. The molecule has 0 N–H and O–H groups in total. The first-order chi connectivity index (χ1) is 14.0. The number of halogens is 2. The van der Waals surface area contributed by atoms with Gasteiger partial charge >= 0.3 is 0 Å². The Morgan fingerprint density at radius 1 is 1.07 bits per heavy atom. The van der Waals surface area contributed by atoms with Gasteiger partial charge in [-0.25, -0.2) is 0 Å². The molecule has 0 unspecified atom stereocenters. The third-order valence-electron chi connectivity index (χ3n) is 5.74. The van der Waals surface area contributed by atoms with Gasteiger partial charge in [0.25, 0.3) is 0 Å². The molecule has 5 nitrogen and oxygen atoms in total. The highest BCUT2D eigenvalue weighted by molar-refractivity contribution is 6.42. The second-order valence-corrected chi connectivity index (χ2v) is 8.34. The minimum atomic E-state index is -0.436. The number of nitrogens with zero attached hydrogens (tertiary/aromatic N) is 2. The average Bonchev–Trinajstić information content (AvgIpc) is 3.26. The molecule has 0 atom stereocenters. The number of Topliss-reactive ketones (excluding diaryl/α,β-unsaturated/α-hetero) is 1. The van der Waals surface area contributed by atoms with Gasteiger partial charge in [0, 0.05) is 24.7 Å². The highest BCUT2D eigenvalue weighted by Gasteiger charge is 2.51. The van der Waals surface area contributed by atoms with Crippen LogP contribution in [0.5, 0.6) is 11.5 Å². The number of aromatic nitrogens is 2. The number of ether oxygens (including phenoxy) is 2. The van der Waals surface area contributed by atoms with Crippen molar-refractivity contribution in [3.8, 4) is 22.8 Å². The fourth-order valence-corrected chi connectivity index (χ4v) is 4.15. The molecule has 0 saturated heterocycles.